The number of nitriles is 1. The molecular formula is C18H14N4O2S. The molecule has 1 amide bonds. The van der Waals surface area contributed by atoms with Gasteiger partial charge in [-0.1, -0.05) is 36.0 Å². The van der Waals surface area contributed by atoms with Crippen molar-refractivity contribution in [2.45, 2.75) is 17.3 Å². The van der Waals surface area contributed by atoms with Crippen LogP contribution in [0.5, 0.6) is 0 Å². The lowest BCUT2D eigenvalue weighted by Gasteiger charge is -2.12. The number of H-pyrrole nitrogens is 1. The average Bonchev–Trinajstić information content (AvgIpc) is 2.62. The zero-order chi connectivity index (χ0) is 17.8. The molecule has 0 bridgehead atoms. The molecular weight excluding hydrogens is 336 g/mol. The summed E-state index contributed by atoms with van der Waals surface area (Å²) in [6, 6.07) is 15.8. The Morgan fingerprint density at radius 2 is 1.96 bits per heavy atom. The predicted molar refractivity (Wildman–Crippen MR) is 97.5 cm³/mol. The average molecular weight is 350 g/mol. The Morgan fingerprint density at radius 1 is 1.24 bits per heavy atom. The highest BCUT2D eigenvalue weighted by Gasteiger charge is 2.17. The first kappa shape index (κ1) is 16.7. The fourth-order valence-electron chi connectivity index (χ4n) is 2.27. The Bertz CT molecular complexity index is 1040. The largest absolute Gasteiger partial charge is 0.324 e. The summed E-state index contributed by atoms with van der Waals surface area (Å²) in [7, 11) is 0. The third-order valence-corrected chi connectivity index (χ3v) is 4.54. The highest BCUT2D eigenvalue weighted by Crippen LogP contribution is 2.22. The molecule has 6 nitrogen and oxygen atoms in total. The zero-order valence-electron chi connectivity index (χ0n) is 13.3. The van der Waals surface area contributed by atoms with E-state index in [4.69, 9.17) is 5.26 Å². The van der Waals surface area contributed by atoms with Crippen LogP contribution in [0.2, 0.25) is 0 Å². The number of carbonyl (C=O) groups is 1. The van der Waals surface area contributed by atoms with E-state index in [0.29, 0.717) is 27.3 Å². The van der Waals surface area contributed by atoms with E-state index in [1.807, 2.05) is 6.07 Å². The SMILES string of the molecule is CC(Sc1nc2ccccc2c(=O)[nH]1)C(=O)Nc1ccccc1C#N. The van der Waals surface area contributed by atoms with Crippen LogP contribution in [0.25, 0.3) is 10.9 Å². The van der Waals surface area contributed by atoms with Crippen LogP contribution in [-0.2, 0) is 4.79 Å². The normalized spacial score (nSPS) is 11.7. The summed E-state index contributed by atoms with van der Waals surface area (Å²) in [5.41, 5.74) is 1.19. The van der Waals surface area contributed by atoms with Crippen molar-refractivity contribution in [3.8, 4) is 6.07 Å². The Kier molecular flexibility index (Phi) is 4.82. The van der Waals surface area contributed by atoms with Gasteiger partial charge in [-0.15, -0.1) is 0 Å². The molecule has 1 atom stereocenters. The Hall–Kier alpha value is -3.11. The van der Waals surface area contributed by atoms with E-state index in [1.54, 1.807) is 55.5 Å². The van der Waals surface area contributed by atoms with E-state index in [2.05, 4.69) is 15.3 Å². The second-order valence-corrected chi connectivity index (χ2v) is 6.62. The number of hydrogen-bond acceptors (Lipinski definition) is 5. The fraction of sp³-hybridized carbons (Fsp3) is 0.111. The molecule has 1 heterocycles. The summed E-state index contributed by atoms with van der Waals surface area (Å²) < 4.78 is 0. The van der Waals surface area contributed by atoms with Crippen molar-refractivity contribution in [2.75, 3.05) is 5.32 Å². The molecule has 0 spiro atoms. The van der Waals surface area contributed by atoms with Gasteiger partial charge in [0.05, 0.1) is 27.4 Å². The first-order valence-electron chi connectivity index (χ1n) is 7.54. The number of hydrogen-bond donors (Lipinski definition) is 2. The van der Waals surface area contributed by atoms with Gasteiger partial charge in [-0.3, -0.25) is 9.59 Å². The predicted octanol–water partition coefficient (Wildman–Crippen LogP) is 2.91. The number of aromatic amines is 1. The molecule has 3 aromatic rings. The van der Waals surface area contributed by atoms with Gasteiger partial charge in [0.1, 0.15) is 6.07 Å². The van der Waals surface area contributed by atoms with Crippen LogP contribution in [0.1, 0.15) is 12.5 Å². The number of rotatable bonds is 4. The number of nitrogens with zero attached hydrogens (tertiary/aromatic N) is 2. The first-order chi connectivity index (χ1) is 12.1. The molecule has 2 aromatic carbocycles. The van der Waals surface area contributed by atoms with E-state index in [-0.39, 0.29) is 11.5 Å². The van der Waals surface area contributed by atoms with Gasteiger partial charge in [0.2, 0.25) is 5.91 Å². The van der Waals surface area contributed by atoms with Crippen LogP contribution < -0.4 is 10.9 Å². The van der Waals surface area contributed by atoms with E-state index >= 15 is 0 Å². The van der Waals surface area contributed by atoms with Crippen LogP contribution >= 0.6 is 11.8 Å². The van der Waals surface area contributed by atoms with E-state index < -0.39 is 5.25 Å². The zero-order valence-corrected chi connectivity index (χ0v) is 14.1. The van der Waals surface area contributed by atoms with Crippen molar-refractivity contribution in [3.63, 3.8) is 0 Å². The molecule has 0 aliphatic carbocycles. The van der Waals surface area contributed by atoms with Gasteiger partial charge in [-0.2, -0.15) is 5.26 Å². The van der Waals surface area contributed by atoms with Gasteiger partial charge in [0.25, 0.3) is 5.56 Å². The standard InChI is InChI=1S/C18H14N4O2S/c1-11(16(23)20-14-8-4-2-6-12(14)10-19)25-18-21-15-9-5-3-7-13(15)17(24)22-18/h2-9,11H,1H3,(H,20,23)(H,21,22,24). The first-order valence-corrected chi connectivity index (χ1v) is 8.42. The summed E-state index contributed by atoms with van der Waals surface area (Å²) >= 11 is 1.15. The molecule has 124 valence electrons. The minimum atomic E-state index is -0.504. The van der Waals surface area contributed by atoms with Gasteiger partial charge in [-0.25, -0.2) is 4.98 Å². The summed E-state index contributed by atoms with van der Waals surface area (Å²) in [5, 5.41) is 12.2. The van der Waals surface area contributed by atoms with Crippen LogP contribution in [-0.4, -0.2) is 21.1 Å². The minimum Gasteiger partial charge on any atom is -0.324 e. The van der Waals surface area contributed by atoms with Gasteiger partial charge in [0.15, 0.2) is 5.16 Å². The smallest absolute Gasteiger partial charge is 0.259 e. The number of anilines is 1. The van der Waals surface area contributed by atoms with Gasteiger partial charge in [0, 0.05) is 0 Å². The number of nitrogens with one attached hydrogen (secondary N) is 2. The molecule has 0 saturated heterocycles. The van der Waals surface area contributed by atoms with Crippen molar-refractivity contribution in [3.05, 3.63) is 64.4 Å². The number of thioether (sulfide) groups is 1. The molecule has 1 aromatic heterocycles. The Morgan fingerprint density at radius 3 is 2.76 bits per heavy atom. The molecule has 0 aliphatic rings. The van der Waals surface area contributed by atoms with Crippen molar-refractivity contribution in [2.24, 2.45) is 0 Å². The highest BCUT2D eigenvalue weighted by atomic mass is 32.2. The quantitative estimate of drug-likeness (QED) is 0.557. The number of aromatic nitrogens is 2. The molecule has 2 N–H and O–H groups in total. The van der Waals surface area contributed by atoms with Crippen molar-refractivity contribution < 1.29 is 4.79 Å². The third kappa shape index (κ3) is 3.70. The maximum absolute atomic E-state index is 12.4. The van der Waals surface area contributed by atoms with Crippen LogP contribution in [0, 0.1) is 11.3 Å². The topological polar surface area (TPSA) is 98.6 Å². The molecule has 25 heavy (non-hydrogen) atoms. The Balaban J connectivity index is 1.78. The summed E-state index contributed by atoms with van der Waals surface area (Å²) in [4.78, 5) is 31.5. The van der Waals surface area contributed by atoms with Crippen molar-refractivity contribution in [1.82, 2.24) is 9.97 Å². The number of benzene rings is 2. The van der Waals surface area contributed by atoms with Crippen LogP contribution in [0.15, 0.2) is 58.5 Å². The maximum Gasteiger partial charge on any atom is 0.259 e. The Labute approximate surface area is 147 Å². The summed E-state index contributed by atoms with van der Waals surface area (Å²) in [6.45, 7) is 1.71. The molecule has 0 radical (unpaired) electrons. The van der Waals surface area contributed by atoms with Gasteiger partial charge < -0.3 is 10.3 Å². The monoisotopic (exact) mass is 350 g/mol. The fourth-order valence-corrected chi connectivity index (χ4v) is 3.07. The van der Waals surface area contributed by atoms with Gasteiger partial charge in [-0.05, 0) is 31.2 Å². The summed E-state index contributed by atoms with van der Waals surface area (Å²) in [6.07, 6.45) is 0. The van der Waals surface area contributed by atoms with Crippen LogP contribution in [0.3, 0.4) is 0 Å². The number of carbonyl (C=O) groups excluding carboxylic acids is 1. The molecule has 1 unspecified atom stereocenters. The van der Waals surface area contributed by atoms with E-state index in [9.17, 15) is 9.59 Å². The van der Waals surface area contributed by atoms with Gasteiger partial charge >= 0.3 is 0 Å². The highest BCUT2D eigenvalue weighted by molar-refractivity contribution is 8.00. The lowest BCUT2D eigenvalue weighted by atomic mass is 10.2. The third-order valence-electron chi connectivity index (χ3n) is 3.55. The van der Waals surface area contributed by atoms with E-state index in [1.165, 1.54) is 0 Å². The number of amides is 1. The summed E-state index contributed by atoms with van der Waals surface area (Å²) in [5.74, 6) is -0.275. The number of fused-ring (bicyclic) bond motifs is 1. The lowest BCUT2D eigenvalue weighted by Crippen LogP contribution is -2.23. The molecule has 0 fully saturated rings. The van der Waals surface area contributed by atoms with Crippen LogP contribution in [0.4, 0.5) is 5.69 Å². The lowest BCUT2D eigenvalue weighted by molar-refractivity contribution is -0.115. The second-order valence-electron chi connectivity index (χ2n) is 5.29. The van der Waals surface area contributed by atoms with E-state index in [0.717, 1.165) is 11.8 Å². The minimum absolute atomic E-state index is 0.240. The van der Waals surface area contributed by atoms with Crippen molar-refractivity contribution in [1.29, 1.82) is 5.26 Å². The number of para-hydroxylation sites is 2. The molecule has 3 rings (SSSR count). The maximum atomic E-state index is 12.4. The second kappa shape index (κ2) is 7.20. The molecule has 0 saturated carbocycles. The molecule has 7 heteroatoms. The van der Waals surface area contributed by atoms with Crippen molar-refractivity contribution >= 4 is 34.3 Å². The molecule has 0 aliphatic heterocycles.